The molecule has 1 aliphatic heterocycles. The van der Waals surface area contributed by atoms with E-state index in [0.717, 1.165) is 25.4 Å². The molecule has 2 fully saturated rings. The van der Waals surface area contributed by atoms with Crippen LogP contribution in [0.1, 0.15) is 32.1 Å². The standard InChI is InChI=1S/C14H26N2O2S/c1-18-9-7-15-11-13(17)16-8-10-19-14(12-16)5-3-2-4-6-14/h15H,2-12H2,1H3. The Hall–Kier alpha value is -0.260. The van der Waals surface area contributed by atoms with E-state index in [4.69, 9.17) is 4.74 Å². The van der Waals surface area contributed by atoms with Crippen LogP contribution in [0.2, 0.25) is 0 Å². The molecule has 1 saturated heterocycles. The van der Waals surface area contributed by atoms with E-state index in [1.165, 1.54) is 32.1 Å². The number of methoxy groups -OCH3 is 1. The van der Waals surface area contributed by atoms with Gasteiger partial charge in [0.2, 0.25) is 5.91 Å². The molecule has 1 aliphatic carbocycles. The van der Waals surface area contributed by atoms with Crippen molar-refractivity contribution in [3.8, 4) is 0 Å². The Morgan fingerprint density at radius 1 is 1.37 bits per heavy atom. The summed E-state index contributed by atoms with van der Waals surface area (Å²) in [4.78, 5) is 14.3. The van der Waals surface area contributed by atoms with E-state index in [1.807, 2.05) is 0 Å². The van der Waals surface area contributed by atoms with Gasteiger partial charge in [0.15, 0.2) is 0 Å². The number of hydrogen-bond acceptors (Lipinski definition) is 4. The molecule has 19 heavy (non-hydrogen) atoms. The quantitative estimate of drug-likeness (QED) is 0.778. The fourth-order valence-electron chi connectivity index (χ4n) is 3.04. The van der Waals surface area contributed by atoms with E-state index in [2.05, 4.69) is 22.0 Å². The van der Waals surface area contributed by atoms with Gasteiger partial charge in [-0.1, -0.05) is 19.3 Å². The summed E-state index contributed by atoms with van der Waals surface area (Å²) in [5.41, 5.74) is 0. The molecule has 110 valence electrons. The maximum absolute atomic E-state index is 12.2. The number of nitrogens with zero attached hydrogens (tertiary/aromatic N) is 1. The van der Waals surface area contributed by atoms with Gasteiger partial charge < -0.3 is 15.0 Å². The molecule has 0 bridgehead atoms. The van der Waals surface area contributed by atoms with E-state index < -0.39 is 0 Å². The first-order valence-corrected chi connectivity index (χ1v) is 8.36. The van der Waals surface area contributed by atoms with Gasteiger partial charge in [0.05, 0.1) is 13.2 Å². The third-order valence-electron chi connectivity index (χ3n) is 4.13. The topological polar surface area (TPSA) is 41.6 Å². The highest BCUT2D eigenvalue weighted by Crippen LogP contribution is 2.42. The molecular weight excluding hydrogens is 260 g/mol. The van der Waals surface area contributed by atoms with Crippen molar-refractivity contribution in [2.45, 2.75) is 36.9 Å². The molecule has 0 radical (unpaired) electrons. The molecular formula is C14H26N2O2S. The highest BCUT2D eigenvalue weighted by molar-refractivity contribution is 8.00. The Bertz CT molecular complexity index is 288. The molecule has 0 aromatic rings. The fourth-order valence-corrected chi connectivity index (χ4v) is 4.61. The summed E-state index contributed by atoms with van der Waals surface area (Å²) in [5, 5.41) is 3.15. The molecule has 2 aliphatic rings. The van der Waals surface area contributed by atoms with Crippen molar-refractivity contribution >= 4 is 17.7 Å². The zero-order chi connectivity index (χ0) is 13.6. The molecule has 2 rings (SSSR count). The van der Waals surface area contributed by atoms with Gasteiger partial charge >= 0.3 is 0 Å². The summed E-state index contributed by atoms with van der Waals surface area (Å²) in [5.74, 6) is 1.35. The molecule has 0 aromatic carbocycles. The lowest BCUT2D eigenvalue weighted by Crippen LogP contribution is -2.52. The van der Waals surface area contributed by atoms with Crippen LogP contribution < -0.4 is 5.32 Å². The Morgan fingerprint density at radius 2 is 2.16 bits per heavy atom. The van der Waals surface area contributed by atoms with Crippen LogP contribution in [0.15, 0.2) is 0 Å². The Morgan fingerprint density at radius 3 is 2.89 bits per heavy atom. The van der Waals surface area contributed by atoms with Crippen LogP contribution in [-0.2, 0) is 9.53 Å². The van der Waals surface area contributed by atoms with E-state index in [9.17, 15) is 4.79 Å². The Labute approximate surface area is 120 Å². The number of carbonyl (C=O) groups excluding carboxylic acids is 1. The van der Waals surface area contributed by atoms with Gasteiger partial charge in [0.25, 0.3) is 0 Å². The first-order valence-electron chi connectivity index (χ1n) is 7.37. The van der Waals surface area contributed by atoms with Crippen molar-refractivity contribution in [3.63, 3.8) is 0 Å². The molecule has 1 amide bonds. The largest absolute Gasteiger partial charge is 0.383 e. The van der Waals surface area contributed by atoms with Crippen molar-refractivity contribution in [2.75, 3.05) is 45.6 Å². The number of hydrogen-bond donors (Lipinski definition) is 1. The average Bonchev–Trinajstić information content (AvgIpc) is 2.44. The molecule has 1 N–H and O–H groups in total. The molecule has 4 nitrogen and oxygen atoms in total. The monoisotopic (exact) mass is 286 g/mol. The average molecular weight is 286 g/mol. The van der Waals surface area contributed by atoms with Crippen molar-refractivity contribution in [1.29, 1.82) is 0 Å². The van der Waals surface area contributed by atoms with Gasteiger partial charge in [-0.25, -0.2) is 0 Å². The van der Waals surface area contributed by atoms with Gasteiger partial charge in [-0.05, 0) is 12.8 Å². The van der Waals surface area contributed by atoms with Crippen LogP contribution in [0.25, 0.3) is 0 Å². The smallest absolute Gasteiger partial charge is 0.236 e. The molecule has 0 atom stereocenters. The fraction of sp³-hybridized carbons (Fsp3) is 0.929. The van der Waals surface area contributed by atoms with Crippen molar-refractivity contribution in [3.05, 3.63) is 0 Å². The van der Waals surface area contributed by atoms with Gasteiger partial charge in [0, 0.05) is 37.2 Å². The number of ether oxygens (including phenoxy) is 1. The summed E-state index contributed by atoms with van der Waals surface area (Å²) < 4.78 is 5.34. The van der Waals surface area contributed by atoms with E-state index >= 15 is 0 Å². The first kappa shape index (κ1) is 15.1. The number of carbonyl (C=O) groups is 1. The SMILES string of the molecule is COCCNCC(=O)N1CCSC2(CCCCC2)C1. The third kappa shape index (κ3) is 4.36. The normalized spacial score (nSPS) is 22.7. The second-order valence-electron chi connectivity index (χ2n) is 5.58. The van der Waals surface area contributed by atoms with Gasteiger partial charge in [0.1, 0.15) is 0 Å². The summed E-state index contributed by atoms with van der Waals surface area (Å²) in [7, 11) is 1.68. The molecule has 1 spiro atoms. The summed E-state index contributed by atoms with van der Waals surface area (Å²) in [6.45, 7) is 3.73. The molecule has 0 aromatic heterocycles. The number of amides is 1. The first-order chi connectivity index (χ1) is 9.26. The Kier molecular flexibility index (Phi) is 5.98. The zero-order valence-corrected chi connectivity index (χ0v) is 12.8. The van der Waals surface area contributed by atoms with Crippen LogP contribution in [-0.4, -0.2) is 61.2 Å². The minimum absolute atomic E-state index is 0.251. The second kappa shape index (κ2) is 7.50. The van der Waals surface area contributed by atoms with E-state index in [0.29, 0.717) is 17.9 Å². The maximum Gasteiger partial charge on any atom is 0.236 e. The second-order valence-corrected chi connectivity index (χ2v) is 7.14. The van der Waals surface area contributed by atoms with Crippen LogP contribution in [0, 0.1) is 0 Å². The van der Waals surface area contributed by atoms with Crippen molar-refractivity contribution in [2.24, 2.45) is 0 Å². The maximum atomic E-state index is 12.2. The predicted molar refractivity (Wildman–Crippen MR) is 79.6 cm³/mol. The minimum atomic E-state index is 0.251. The number of nitrogens with one attached hydrogen (secondary N) is 1. The van der Waals surface area contributed by atoms with Gasteiger partial charge in [-0.15, -0.1) is 0 Å². The third-order valence-corrected chi connectivity index (χ3v) is 5.66. The van der Waals surface area contributed by atoms with Crippen molar-refractivity contribution in [1.82, 2.24) is 10.2 Å². The lowest BCUT2D eigenvalue weighted by molar-refractivity contribution is -0.130. The van der Waals surface area contributed by atoms with Gasteiger partial charge in [-0.3, -0.25) is 4.79 Å². The van der Waals surface area contributed by atoms with Crippen LogP contribution in [0.4, 0.5) is 0 Å². The zero-order valence-electron chi connectivity index (χ0n) is 12.0. The molecule has 1 heterocycles. The lowest BCUT2D eigenvalue weighted by Gasteiger charge is -2.44. The van der Waals surface area contributed by atoms with Crippen LogP contribution in [0.5, 0.6) is 0 Å². The molecule has 0 unspecified atom stereocenters. The van der Waals surface area contributed by atoms with Crippen LogP contribution >= 0.6 is 11.8 Å². The lowest BCUT2D eigenvalue weighted by atomic mass is 9.87. The van der Waals surface area contributed by atoms with Crippen LogP contribution in [0.3, 0.4) is 0 Å². The summed E-state index contributed by atoms with van der Waals surface area (Å²) in [6.07, 6.45) is 6.62. The highest BCUT2D eigenvalue weighted by Gasteiger charge is 2.38. The number of rotatable bonds is 5. The molecule has 1 saturated carbocycles. The van der Waals surface area contributed by atoms with Gasteiger partial charge in [-0.2, -0.15) is 11.8 Å². The van der Waals surface area contributed by atoms with E-state index in [1.54, 1.807) is 7.11 Å². The Balaban J connectivity index is 1.78. The summed E-state index contributed by atoms with van der Waals surface area (Å²) >= 11 is 2.11. The van der Waals surface area contributed by atoms with Crippen molar-refractivity contribution < 1.29 is 9.53 Å². The predicted octanol–water partition coefficient (Wildman–Crippen LogP) is 1.50. The molecule has 5 heteroatoms. The number of thioether (sulfide) groups is 1. The summed E-state index contributed by atoms with van der Waals surface area (Å²) in [6, 6.07) is 0. The van der Waals surface area contributed by atoms with E-state index in [-0.39, 0.29) is 5.91 Å². The minimum Gasteiger partial charge on any atom is -0.383 e. The highest BCUT2D eigenvalue weighted by atomic mass is 32.2.